The molecule has 130 valence electrons. The van der Waals surface area contributed by atoms with Gasteiger partial charge in [-0.2, -0.15) is 5.26 Å². The van der Waals surface area contributed by atoms with Crippen LogP contribution >= 0.6 is 11.8 Å². The van der Waals surface area contributed by atoms with Gasteiger partial charge in [0.15, 0.2) is 5.82 Å². The van der Waals surface area contributed by atoms with Crippen molar-refractivity contribution in [1.82, 2.24) is 20.2 Å². The number of nitrogens with zero attached hydrogens (tertiary/aromatic N) is 4. The third-order valence-electron chi connectivity index (χ3n) is 4.08. The largest absolute Gasteiger partial charge is 0.264 e. The Hall–Kier alpha value is -3.43. The lowest BCUT2D eigenvalue weighted by Crippen LogP contribution is -1.86. The number of rotatable bonds is 5. The van der Waals surface area contributed by atoms with E-state index in [4.69, 9.17) is 0 Å². The summed E-state index contributed by atoms with van der Waals surface area (Å²) in [6, 6.07) is 21.9. The van der Waals surface area contributed by atoms with Crippen molar-refractivity contribution in [2.75, 3.05) is 0 Å². The fraction of sp³-hybridized carbons (Fsp3) is 0.0476. The second kappa shape index (κ2) is 7.85. The van der Waals surface area contributed by atoms with Crippen LogP contribution in [0.1, 0.15) is 11.1 Å². The fourth-order valence-corrected chi connectivity index (χ4v) is 3.46. The molecule has 6 heteroatoms. The highest BCUT2D eigenvalue weighted by Gasteiger charge is 2.07. The minimum absolute atomic E-state index is 0.684. The van der Waals surface area contributed by atoms with Gasteiger partial charge in [-0.25, -0.2) is 4.98 Å². The lowest BCUT2D eigenvalue weighted by Gasteiger charge is -2.05. The molecule has 0 radical (unpaired) electrons. The van der Waals surface area contributed by atoms with Crippen molar-refractivity contribution in [1.29, 1.82) is 5.26 Å². The Morgan fingerprint density at radius 3 is 2.59 bits per heavy atom. The lowest BCUT2D eigenvalue weighted by molar-refractivity contribution is 0.973. The van der Waals surface area contributed by atoms with Crippen LogP contribution in [0.5, 0.6) is 0 Å². The van der Waals surface area contributed by atoms with E-state index in [0.29, 0.717) is 16.5 Å². The third kappa shape index (κ3) is 3.89. The van der Waals surface area contributed by atoms with Gasteiger partial charge in [0, 0.05) is 23.7 Å². The third-order valence-corrected chi connectivity index (χ3v) is 5.00. The van der Waals surface area contributed by atoms with Crippen molar-refractivity contribution >= 4 is 11.8 Å². The minimum atomic E-state index is 0.684. The summed E-state index contributed by atoms with van der Waals surface area (Å²) in [5.41, 5.74) is 4.76. The van der Waals surface area contributed by atoms with Crippen molar-refractivity contribution < 1.29 is 0 Å². The molecular formula is C21H15N5S. The molecule has 0 fully saturated rings. The number of hydrogen-bond acceptors (Lipinski definition) is 5. The number of H-pyrrole nitrogens is 1. The van der Waals surface area contributed by atoms with Crippen LogP contribution in [0.2, 0.25) is 0 Å². The molecule has 0 unspecified atom stereocenters. The number of hydrogen-bond donors (Lipinski definition) is 1. The second-order valence-electron chi connectivity index (χ2n) is 5.85. The SMILES string of the molecule is N#Cc1ccccc1-c1ccc(CSc2n[nH]c(-c3cccnc3)n2)cc1. The van der Waals surface area contributed by atoms with Crippen LogP contribution in [-0.4, -0.2) is 20.2 Å². The predicted molar refractivity (Wildman–Crippen MR) is 106 cm³/mol. The number of thioether (sulfide) groups is 1. The van der Waals surface area contributed by atoms with Gasteiger partial charge in [0.05, 0.1) is 11.6 Å². The smallest absolute Gasteiger partial charge is 0.209 e. The van der Waals surface area contributed by atoms with Crippen molar-refractivity contribution in [3.05, 3.63) is 84.2 Å². The Labute approximate surface area is 161 Å². The monoisotopic (exact) mass is 369 g/mol. The summed E-state index contributed by atoms with van der Waals surface area (Å²) < 4.78 is 0. The molecule has 0 aliphatic rings. The van der Waals surface area contributed by atoms with E-state index in [1.54, 1.807) is 24.2 Å². The Bertz CT molecular complexity index is 1080. The molecule has 2 aromatic heterocycles. The maximum Gasteiger partial charge on any atom is 0.209 e. The zero-order valence-corrected chi connectivity index (χ0v) is 15.1. The Balaban J connectivity index is 1.44. The highest BCUT2D eigenvalue weighted by molar-refractivity contribution is 7.98. The summed E-state index contributed by atoms with van der Waals surface area (Å²) in [5.74, 6) is 1.49. The molecule has 0 saturated heterocycles. The highest BCUT2D eigenvalue weighted by atomic mass is 32.2. The molecule has 0 atom stereocenters. The minimum Gasteiger partial charge on any atom is -0.264 e. The quantitative estimate of drug-likeness (QED) is 0.516. The van der Waals surface area contributed by atoms with Crippen molar-refractivity contribution in [2.45, 2.75) is 10.9 Å². The van der Waals surface area contributed by atoms with E-state index < -0.39 is 0 Å². The van der Waals surface area contributed by atoms with E-state index >= 15 is 0 Å². The average molecular weight is 369 g/mol. The molecule has 0 aliphatic carbocycles. The Morgan fingerprint density at radius 1 is 0.963 bits per heavy atom. The van der Waals surface area contributed by atoms with Crippen molar-refractivity contribution in [3.8, 4) is 28.6 Å². The molecule has 4 aromatic rings. The topological polar surface area (TPSA) is 78.2 Å². The summed E-state index contributed by atoms with van der Waals surface area (Å²) in [4.78, 5) is 8.60. The summed E-state index contributed by atoms with van der Waals surface area (Å²) in [7, 11) is 0. The maximum absolute atomic E-state index is 9.25. The van der Waals surface area contributed by atoms with Crippen LogP contribution in [0, 0.1) is 11.3 Å². The van der Waals surface area contributed by atoms with E-state index in [1.165, 1.54) is 5.56 Å². The van der Waals surface area contributed by atoms with Crippen LogP contribution in [0.15, 0.2) is 78.2 Å². The molecule has 0 spiro atoms. The van der Waals surface area contributed by atoms with Gasteiger partial charge < -0.3 is 0 Å². The van der Waals surface area contributed by atoms with Crippen LogP contribution < -0.4 is 0 Å². The van der Waals surface area contributed by atoms with Gasteiger partial charge in [-0.1, -0.05) is 54.2 Å². The average Bonchev–Trinajstić information content (AvgIpc) is 3.22. The number of aromatic amines is 1. The number of benzene rings is 2. The molecule has 2 heterocycles. The molecular weight excluding hydrogens is 354 g/mol. The van der Waals surface area contributed by atoms with E-state index in [9.17, 15) is 5.26 Å². The summed E-state index contributed by atoms with van der Waals surface area (Å²) >= 11 is 1.57. The van der Waals surface area contributed by atoms with Gasteiger partial charge in [0.1, 0.15) is 0 Å². The Morgan fingerprint density at radius 2 is 1.81 bits per heavy atom. The Kier molecular flexibility index (Phi) is 4.95. The number of aromatic nitrogens is 4. The molecule has 0 bridgehead atoms. The van der Waals surface area contributed by atoms with Crippen LogP contribution in [0.25, 0.3) is 22.5 Å². The van der Waals surface area contributed by atoms with E-state index in [-0.39, 0.29) is 0 Å². The van der Waals surface area contributed by atoms with Gasteiger partial charge in [0.2, 0.25) is 5.16 Å². The summed E-state index contributed by atoms with van der Waals surface area (Å²) in [6.07, 6.45) is 3.49. The number of nitriles is 1. The molecule has 5 nitrogen and oxygen atoms in total. The molecule has 2 aromatic carbocycles. The van der Waals surface area contributed by atoms with Gasteiger partial charge in [-0.05, 0) is 34.9 Å². The molecule has 4 rings (SSSR count). The number of pyridine rings is 1. The zero-order chi connectivity index (χ0) is 18.5. The zero-order valence-electron chi connectivity index (χ0n) is 14.3. The van der Waals surface area contributed by atoms with E-state index in [0.717, 1.165) is 22.4 Å². The first-order chi connectivity index (χ1) is 13.3. The van der Waals surface area contributed by atoms with E-state index in [2.05, 4.69) is 38.4 Å². The van der Waals surface area contributed by atoms with Gasteiger partial charge >= 0.3 is 0 Å². The first-order valence-electron chi connectivity index (χ1n) is 8.37. The first-order valence-corrected chi connectivity index (χ1v) is 9.36. The standard InChI is InChI=1S/C21H15N5S/c22-12-17-4-1-2-6-19(17)16-9-7-15(8-10-16)14-27-21-24-20(25-26-21)18-5-3-11-23-13-18/h1-11,13H,14H2,(H,24,25,26). The fourth-order valence-electron chi connectivity index (χ4n) is 2.70. The van der Waals surface area contributed by atoms with Crippen LogP contribution in [-0.2, 0) is 5.75 Å². The van der Waals surface area contributed by atoms with Crippen molar-refractivity contribution in [2.24, 2.45) is 0 Å². The molecule has 0 aliphatic heterocycles. The normalized spacial score (nSPS) is 10.5. The van der Waals surface area contributed by atoms with Gasteiger partial charge in [-0.3, -0.25) is 10.1 Å². The van der Waals surface area contributed by atoms with Gasteiger partial charge in [0.25, 0.3) is 0 Å². The molecule has 27 heavy (non-hydrogen) atoms. The number of nitrogens with one attached hydrogen (secondary N) is 1. The van der Waals surface area contributed by atoms with Gasteiger partial charge in [-0.15, -0.1) is 5.10 Å². The van der Waals surface area contributed by atoms with Crippen LogP contribution in [0.3, 0.4) is 0 Å². The first kappa shape index (κ1) is 17.0. The second-order valence-corrected chi connectivity index (χ2v) is 6.79. The molecule has 1 N–H and O–H groups in total. The predicted octanol–water partition coefficient (Wildman–Crippen LogP) is 4.70. The summed E-state index contributed by atoms with van der Waals surface area (Å²) in [5, 5.41) is 17.2. The van der Waals surface area contributed by atoms with E-state index in [1.807, 2.05) is 48.5 Å². The molecule has 0 saturated carbocycles. The maximum atomic E-state index is 9.25. The highest BCUT2D eigenvalue weighted by Crippen LogP contribution is 2.26. The lowest BCUT2D eigenvalue weighted by atomic mass is 10.00. The molecule has 0 amide bonds. The van der Waals surface area contributed by atoms with Crippen LogP contribution in [0.4, 0.5) is 0 Å². The van der Waals surface area contributed by atoms with Crippen molar-refractivity contribution in [3.63, 3.8) is 0 Å². The summed E-state index contributed by atoms with van der Waals surface area (Å²) in [6.45, 7) is 0.